The minimum Gasteiger partial charge on any atom is -0.394 e. The Morgan fingerprint density at radius 1 is 1.53 bits per heavy atom. The number of hydrogen-bond acceptors (Lipinski definition) is 6. The summed E-state index contributed by atoms with van der Waals surface area (Å²) in [5, 5.41) is 33.8. The second-order valence-corrected chi connectivity index (χ2v) is 3.66. The number of ether oxygens (including phenoxy) is 1. The van der Waals surface area contributed by atoms with Crippen LogP contribution in [0.1, 0.15) is 6.92 Å². The molecule has 4 N–H and O–H groups in total. The smallest absolute Gasteiger partial charge is 0.217 e. The summed E-state index contributed by atoms with van der Waals surface area (Å²) in [5.41, 5.74) is 8.34. The molecule has 5 atom stereocenters. The lowest BCUT2D eigenvalue weighted by molar-refractivity contribution is -0.193. The van der Waals surface area contributed by atoms with Gasteiger partial charge in [0.2, 0.25) is 5.91 Å². The van der Waals surface area contributed by atoms with Crippen LogP contribution in [0.15, 0.2) is 5.11 Å². The fourth-order valence-electron chi connectivity index (χ4n) is 1.64. The standard InChI is InChI=1S/C8H14N4O5/c1-3(14)10-5-7(16)6(15)4(2-13)17-8(5)11-12-9/h4-8,13,15-16H,2H2,1H3,(H,10,14)/t4-,5-,6+,7+,8-/m0/s1. The lowest BCUT2D eigenvalue weighted by Gasteiger charge is -2.40. The Labute approximate surface area is 96.6 Å². The molecule has 0 aromatic heterocycles. The van der Waals surface area contributed by atoms with E-state index in [-0.39, 0.29) is 0 Å². The molecular weight excluding hydrogens is 232 g/mol. The predicted molar refractivity (Wildman–Crippen MR) is 54.5 cm³/mol. The monoisotopic (exact) mass is 246 g/mol. The normalized spacial score (nSPS) is 37.1. The van der Waals surface area contributed by atoms with Crippen LogP contribution in [0.25, 0.3) is 10.4 Å². The van der Waals surface area contributed by atoms with Gasteiger partial charge in [0.25, 0.3) is 0 Å². The Balaban J connectivity index is 2.90. The van der Waals surface area contributed by atoms with Crippen molar-refractivity contribution in [2.75, 3.05) is 6.61 Å². The zero-order valence-corrected chi connectivity index (χ0v) is 9.09. The number of carbonyl (C=O) groups excluding carboxylic acids is 1. The number of hydrogen-bond donors (Lipinski definition) is 4. The van der Waals surface area contributed by atoms with Crippen LogP contribution in [-0.4, -0.2) is 58.4 Å². The lowest BCUT2D eigenvalue weighted by atomic mass is 9.96. The maximum absolute atomic E-state index is 10.9. The van der Waals surface area contributed by atoms with Gasteiger partial charge in [-0.3, -0.25) is 4.79 Å². The molecule has 96 valence electrons. The van der Waals surface area contributed by atoms with E-state index >= 15 is 0 Å². The molecular formula is C8H14N4O5. The van der Waals surface area contributed by atoms with Crippen molar-refractivity contribution in [3.8, 4) is 0 Å². The minimum atomic E-state index is -1.39. The van der Waals surface area contributed by atoms with E-state index in [1.165, 1.54) is 6.92 Å². The average molecular weight is 246 g/mol. The summed E-state index contributed by atoms with van der Waals surface area (Å²) in [6, 6.07) is -1.05. The van der Waals surface area contributed by atoms with Crippen LogP contribution < -0.4 is 5.32 Å². The van der Waals surface area contributed by atoms with E-state index in [2.05, 4.69) is 15.3 Å². The minimum absolute atomic E-state index is 0.467. The largest absolute Gasteiger partial charge is 0.394 e. The number of nitrogens with zero attached hydrogens (tertiary/aromatic N) is 3. The molecule has 17 heavy (non-hydrogen) atoms. The molecule has 1 aliphatic rings. The van der Waals surface area contributed by atoms with Crippen molar-refractivity contribution < 1.29 is 24.9 Å². The SMILES string of the molecule is CC(=O)N[C@H]1[C@@H](O)[C@H](O)[C@H](CO)O[C@@H]1N=[N+]=[N-]. The molecule has 0 aliphatic carbocycles. The summed E-state index contributed by atoms with van der Waals surface area (Å²) < 4.78 is 5.08. The van der Waals surface area contributed by atoms with Crippen molar-refractivity contribution in [3.63, 3.8) is 0 Å². The molecule has 0 saturated carbocycles. The Kier molecular flexibility index (Phi) is 4.67. The first-order chi connectivity index (χ1) is 8.01. The van der Waals surface area contributed by atoms with E-state index in [0.29, 0.717) is 0 Å². The fourth-order valence-corrected chi connectivity index (χ4v) is 1.64. The van der Waals surface area contributed by atoms with Crippen LogP contribution in [-0.2, 0) is 9.53 Å². The molecule has 1 amide bonds. The molecule has 9 heteroatoms. The van der Waals surface area contributed by atoms with E-state index in [1.54, 1.807) is 0 Å². The molecule has 1 rings (SSSR count). The van der Waals surface area contributed by atoms with Gasteiger partial charge in [0.05, 0.1) is 12.6 Å². The third kappa shape index (κ3) is 3.05. The van der Waals surface area contributed by atoms with Gasteiger partial charge in [0.15, 0.2) is 6.23 Å². The number of amides is 1. The summed E-state index contributed by atoms with van der Waals surface area (Å²) in [6.45, 7) is 0.673. The third-order valence-electron chi connectivity index (χ3n) is 2.44. The molecule has 0 aromatic carbocycles. The van der Waals surface area contributed by atoms with Crippen LogP contribution in [0.2, 0.25) is 0 Å². The van der Waals surface area contributed by atoms with E-state index in [9.17, 15) is 15.0 Å². The number of rotatable bonds is 3. The van der Waals surface area contributed by atoms with Crippen molar-refractivity contribution in [1.29, 1.82) is 0 Å². The first-order valence-corrected chi connectivity index (χ1v) is 4.95. The van der Waals surface area contributed by atoms with Crippen LogP contribution >= 0.6 is 0 Å². The van der Waals surface area contributed by atoms with Gasteiger partial charge in [-0.05, 0) is 5.53 Å². The van der Waals surface area contributed by atoms with Gasteiger partial charge < -0.3 is 25.4 Å². The molecule has 1 heterocycles. The molecule has 0 spiro atoms. The number of aliphatic hydroxyl groups excluding tert-OH is 3. The zero-order chi connectivity index (χ0) is 13.0. The predicted octanol–water partition coefficient (Wildman–Crippen LogP) is -1.76. The van der Waals surface area contributed by atoms with Crippen molar-refractivity contribution in [2.24, 2.45) is 5.11 Å². The topological polar surface area (TPSA) is 148 Å². The Morgan fingerprint density at radius 2 is 2.18 bits per heavy atom. The molecule has 9 nitrogen and oxygen atoms in total. The summed E-state index contributed by atoms with van der Waals surface area (Å²) >= 11 is 0. The third-order valence-corrected chi connectivity index (χ3v) is 2.44. The Hall–Kier alpha value is -1.38. The maximum atomic E-state index is 10.9. The number of carbonyl (C=O) groups is 1. The van der Waals surface area contributed by atoms with Crippen LogP contribution in [0, 0.1) is 0 Å². The number of azide groups is 1. The van der Waals surface area contributed by atoms with Crippen molar-refractivity contribution in [3.05, 3.63) is 10.4 Å². The highest BCUT2D eigenvalue weighted by atomic mass is 16.5. The van der Waals surface area contributed by atoms with E-state index in [0.717, 1.165) is 0 Å². The van der Waals surface area contributed by atoms with Gasteiger partial charge in [-0.15, -0.1) is 0 Å². The quantitative estimate of drug-likeness (QED) is 0.264. The van der Waals surface area contributed by atoms with Gasteiger partial charge in [-0.1, -0.05) is 5.11 Å². The summed E-state index contributed by atoms with van der Waals surface area (Å²) in [7, 11) is 0. The Bertz CT molecular complexity index is 332. The number of nitrogens with one attached hydrogen (secondary N) is 1. The molecule has 1 saturated heterocycles. The summed E-state index contributed by atoms with van der Waals surface area (Å²) in [5.74, 6) is -0.467. The van der Waals surface area contributed by atoms with Gasteiger partial charge in [-0.25, -0.2) is 0 Å². The molecule has 0 bridgehead atoms. The van der Waals surface area contributed by atoms with Gasteiger partial charge in [0.1, 0.15) is 18.3 Å². The average Bonchev–Trinajstić information content (AvgIpc) is 2.28. The van der Waals surface area contributed by atoms with Gasteiger partial charge >= 0.3 is 0 Å². The molecule has 1 fully saturated rings. The fraction of sp³-hybridized carbons (Fsp3) is 0.875. The highest BCUT2D eigenvalue weighted by Gasteiger charge is 2.44. The van der Waals surface area contributed by atoms with Gasteiger partial charge in [0, 0.05) is 11.8 Å². The second kappa shape index (κ2) is 5.80. The second-order valence-electron chi connectivity index (χ2n) is 3.66. The zero-order valence-electron chi connectivity index (χ0n) is 9.09. The maximum Gasteiger partial charge on any atom is 0.217 e. The van der Waals surface area contributed by atoms with Crippen molar-refractivity contribution in [1.82, 2.24) is 5.32 Å². The van der Waals surface area contributed by atoms with Crippen LogP contribution in [0.4, 0.5) is 0 Å². The van der Waals surface area contributed by atoms with E-state index < -0.39 is 43.1 Å². The molecule has 0 aromatic rings. The van der Waals surface area contributed by atoms with Gasteiger partial charge in [-0.2, -0.15) is 0 Å². The summed E-state index contributed by atoms with van der Waals surface area (Å²) in [4.78, 5) is 13.4. The van der Waals surface area contributed by atoms with Crippen LogP contribution in [0.5, 0.6) is 0 Å². The van der Waals surface area contributed by atoms with E-state index in [1.807, 2.05) is 0 Å². The lowest BCUT2D eigenvalue weighted by Crippen LogP contribution is -2.63. The first kappa shape index (κ1) is 13.7. The number of aliphatic hydroxyl groups is 3. The molecule has 0 radical (unpaired) electrons. The first-order valence-electron chi connectivity index (χ1n) is 4.95. The highest BCUT2D eigenvalue weighted by molar-refractivity contribution is 5.73. The molecule has 0 unspecified atom stereocenters. The highest BCUT2D eigenvalue weighted by Crippen LogP contribution is 2.22. The van der Waals surface area contributed by atoms with Crippen molar-refractivity contribution >= 4 is 5.91 Å². The Morgan fingerprint density at radius 3 is 2.65 bits per heavy atom. The van der Waals surface area contributed by atoms with E-state index in [4.69, 9.17) is 15.4 Å². The van der Waals surface area contributed by atoms with Crippen LogP contribution in [0.3, 0.4) is 0 Å². The summed E-state index contributed by atoms with van der Waals surface area (Å²) in [6.07, 6.45) is -5.01. The molecule has 1 aliphatic heterocycles. The van der Waals surface area contributed by atoms with Crippen molar-refractivity contribution in [2.45, 2.75) is 37.5 Å².